The van der Waals surface area contributed by atoms with E-state index in [-0.39, 0.29) is 30.1 Å². The largest absolute Gasteiger partial charge is 0.444 e. The average Bonchev–Trinajstić information content (AvgIpc) is 2.61. The second kappa shape index (κ2) is 11.5. The fourth-order valence-electron chi connectivity index (χ4n) is 2.96. The smallest absolute Gasteiger partial charge is 0.407 e. The number of aryl methyl sites for hydroxylation is 1. The molecular weight excluding hydrogens is 471 g/mol. The number of carbonyl (C=O) groups excluding carboxylic acids is 1. The zero-order valence-corrected chi connectivity index (χ0v) is 19.8. The zero-order valence-electron chi connectivity index (χ0n) is 17.4. The minimum absolute atomic E-state index is 0. The van der Waals surface area contributed by atoms with Gasteiger partial charge in [-0.1, -0.05) is 24.3 Å². The average molecular weight is 504 g/mol. The molecule has 1 fully saturated rings. The maximum Gasteiger partial charge on any atom is 0.407 e. The number of nitrogens with one attached hydrogen (secondary N) is 2. The predicted molar refractivity (Wildman–Crippen MR) is 122 cm³/mol. The summed E-state index contributed by atoms with van der Waals surface area (Å²) in [6, 6.07) is 8.30. The van der Waals surface area contributed by atoms with Crippen molar-refractivity contribution in [2.75, 3.05) is 39.8 Å². The van der Waals surface area contributed by atoms with E-state index < -0.39 is 11.7 Å². The number of morpholine rings is 1. The molecule has 0 radical (unpaired) electrons. The number of amides is 1. The van der Waals surface area contributed by atoms with Gasteiger partial charge in [-0.3, -0.25) is 4.99 Å². The van der Waals surface area contributed by atoms with Crippen LogP contribution in [-0.4, -0.2) is 62.4 Å². The van der Waals surface area contributed by atoms with Gasteiger partial charge in [0.1, 0.15) is 11.7 Å². The normalized spacial score (nSPS) is 17.5. The lowest BCUT2D eigenvalue weighted by Crippen LogP contribution is -2.49. The molecule has 2 N–H and O–H groups in total. The Morgan fingerprint density at radius 1 is 1.29 bits per heavy atom. The lowest BCUT2D eigenvalue weighted by molar-refractivity contribution is -0.00829. The first kappa shape index (κ1) is 24.5. The van der Waals surface area contributed by atoms with Gasteiger partial charge in [-0.25, -0.2) is 4.79 Å². The number of rotatable bonds is 4. The van der Waals surface area contributed by atoms with Gasteiger partial charge < -0.3 is 25.0 Å². The number of benzene rings is 1. The summed E-state index contributed by atoms with van der Waals surface area (Å²) < 4.78 is 11.2. The second-order valence-electron chi connectivity index (χ2n) is 7.56. The lowest BCUT2D eigenvalue weighted by Gasteiger charge is -2.35. The predicted octanol–water partition coefficient (Wildman–Crippen LogP) is 3.09. The van der Waals surface area contributed by atoms with Crippen LogP contribution in [0, 0.1) is 6.92 Å². The van der Waals surface area contributed by atoms with Crippen molar-refractivity contribution in [3.63, 3.8) is 0 Å². The minimum Gasteiger partial charge on any atom is -0.444 e. The molecule has 0 spiro atoms. The van der Waals surface area contributed by atoms with E-state index in [4.69, 9.17) is 9.47 Å². The van der Waals surface area contributed by atoms with E-state index in [1.807, 2.05) is 32.9 Å². The summed E-state index contributed by atoms with van der Waals surface area (Å²) in [5.74, 6) is 0.808. The monoisotopic (exact) mass is 504 g/mol. The van der Waals surface area contributed by atoms with Crippen LogP contribution in [0.2, 0.25) is 0 Å². The number of guanidine groups is 1. The molecule has 2 rings (SSSR count). The molecule has 7 nitrogen and oxygen atoms in total. The lowest BCUT2D eigenvalue weighted by atomic mass is 10.0. The summed E-state index contributed by atoms with van der Waals surface area (Å²) in [6.45, 7) is 10.8. The molecular formula is C20H33IN4O3. The van der Waals surface area contributed by atoms with Gasteiger partial charge in [-0.15, -0.1) is 24.0 Å². The molecule has 1 aliphatic heterocycles. The van der Waals surface area contributed by atoms with Gasteiger partial charge in [0.15, 0.2) is 5.96 Å². The molecule has 1 heterocycles. The SMILES string of the molecule is CN=C(NCCNC(=O)OC(C)(C)C)N1CCOC(c2ccccc2C)C1.I. The van der Waals surface area contributed by atoms with Crippen molar-refractivity contribution in [1.29, 1.82) is 0 Å². The third-order valence-corrected chi connectivity index (χ3v) is 4.19. The van der Waals surface area contributed by atoms with E-state index in [1.165, 1.54) is 11.1 Å². The van der Waals surface area contributed by atoms with Crippen molar-refractivity contribution < 1.29 is 14.3 Å². The highest BCUT2D eigenvalue weighted by molar-refractivity contribution is 14.0. The first-order valence-corrected chi connectivity index (χ1v) is 9.40. The molecule has 0 aromatic heterocycles. The topological polar surface area (TPSA) is 75.2 Å². The molecule has 1 saturated heterocycles. The highest BCUT2D eigenvalue weighted by Crippen LogP contribution is 2.24. The molecule has 0 aliphatic carbocycles. The van der Waals surface area contributed by atoms with Gasteiger partial charge >= 0.3 is 6.09 Å². The molecule has 1 unspecified atom stereocenters. The summed E-state index contributed by atoms with van der Waals surface area (Å²) in [5.41, 5.74) is 1.95. The van der Waals surface area contributed by atoms with Crippen molar-refractivity contribution in [2.24, 2.45) is 4.99 Å². The number of ether oxygens (including phenoxy) is 2. The van der Waals surface area contributed by atoms with Crippen molar-refractivity contribution >= 4 is 36.0 Å². The van der Waals surface area contributed by atoms with E-state index in [2.05, 4.69) is 39.6 Å². The maximum absolute atomic E-state index is 11.7. The van der Waals surface area contributed by atoms with Gasteiger partial charge in [-0.2, -0.15) is 0 Å². The minimum atomic E-state index is -0.494. The Morgan fingerprint density at radius 3 is 2.61 bits per heavy atom. The summed E-state index contributed by atoms with van der Waals surface area (Å²) >= 11 is 0. The van der Waals surface area contributed by atoms with Crippen LogP contribution in [0.4, 0.5) is 4.79 Å². The summed E-state index contributed by atoms with van der Waals surface area (Å²) in [7, 11) is 1.77. The quantitative estimate of drug-likeness (QED) is 0.286. The third kappa shape index (κ3) is 7.83. The highest BCUT2D eigenvalue weighted by atomic mass is 127. The number of aliphatic imine (C=N–C) groups is 1. The molecule has 1 atom stereocenters. The maximum atomic E-state index is 11.7. The Balaban J connectivity index is 0.00000392. The molecule has 1 amide bonds. The fourth-order valence-corrected chi connectivity index (χ4v) is 2.96. The van der Waals surface area contributed by atoms with Gasteiger partial charge in [0.25, 0.3) is 0 Å². The van der Waals surface area contributed by atoms with Crippen LogP contribution in [-0.2, 0) is 9.47 Å². The number of hydrogen-bond donors (Lipinski definition) is 2. The van der Waals surface area contributed by atoms with E-state index in [1.54, 1.807) is 7.05 Å². The van der Waals surface area contributed by atoms with Crippen LogP contribution in [0.25, 0.3) is 0 Å². The molecule has 8 heteroatoms. The molecule has 0 saturated carbocycles. The second-order valence-corrected chi connectivity index (χ2v) is 7.56. The molecule has 1 aromatic carbocycles. The molecule has 1 aliphatic rings. The number of halogens is 1. The number of hydrogen-bond acceptors (Lipinski definition) is 4. The summed E-state index contributed by atoms with van der Waals surface area (Å²) in [6.07, 6.45) is -0.385. The molecule has 158 valence electrons. The van der Waals surface area contributed by atoms with Crippen molar-refractivity contribution in [1.82, 2.24) is 15.5 Å². The Bertz CT molecular complexity index is 661. The van der Waals surface area contributed by atoms with E-state index in [9.17, 15) is 4.79 Å². The van der Waals surface area contributed by atoms with E-state index in [0.29, 0.717) is 19.7 Å². The Hall–Kier alpha value is -1.55. The number of nitrogens with zero attached hydrogens (tertiary/aromatic N) is 2. The highest BCUT2D eigenvalue weighted by Gasteiger charge is 2.25. The molecule has 0 bridgehead atoms. The van der Waals surface area contributed by atoms with Crippen LogP contribution in [0.15, 0.2) is 29.3 Å². The van der Waals surface area contributed by atoms with Gasteiger partial charge in [0.05, 0.1) is 13.2 Å². The van der Waals surface area contributed by atoms with E-state index in [0.717, 1.165) is 19.0 Å². The van der Waals surface area contributed by atoms with Crippen molar-refractivity contribution in [3.8, 4) is 0 Å². The van der Waals surface area contributed by atoms with Crippen LogP contribution in [0.3, 0.4) is 0 Å². The molecule has 1 aromatic rings. The third-order valence-electron chi connectivity index (χ3n) is 4.19. The Labute approximate surface area is 185 Å². The van der Waals surface area contributed by atoms with Crippen LogP contribution in [0.1, 0.15) is 38.0 Å². The van der Waals surface area contributed by atoms with Gasteiger partial charge in [-0.05, 0) is 38.8 Å². The van der Waals surface area contributed by atoms with Crippen LogP contribution in [0.5, 0.6) is 0 Å². The van der Waals surface area contributed by atoms with E-state index >= 15 is 0 Å². The first-order chi connectivity index (χ1) is 12.8. The number of carbonyl (C=O) groups is 1. The van der Waals surface area contributed by atoms with Gasteiger partial charge in [0, 0.05) is 26.7 Å². The standard InChI is InChI=1S/C20H32N4O3.HI/c1-15-8-6-7-9-16(15)17-14-24(12-13-26-17)18(21-5)22-10-11-23-19(25)27-20(2,3)4;/h6-9,17H,10-14H2,1-5H3,(H,21,22)(H,23,25);1H. The fraction of sp³-hybridized carbons (Fsp3) is 0.600. The van der Waals surface area contributed by atoms with Crippen molar-refractivity contribution in [3.05, 3.63) is 35.4 Å². The zero-order chi connectivity index (χ0) is 19.9. The Kier molecular flexibility index (Phi) is 10.0. The summed E-state index contributed by atoms with van der Waals surface area (Å²) in [4.78, 5) is 18.2. The molecule has 28 heavy (non-hydrogen) atoms. The van der Waals surface area contributed by atoms with Gasteiger partial charge in [0.2, 0.25) is 0 Å². The Morgan fingerprint density at radius 2 is 1.96 bits per heavy atom. The van der Waals surface area contributed by atoms with Crippen LogP contribution < -0.4 is 10.6 Å². The van der Waals surface area contributed by atoms with Crippen LogP contribution >= 0.6 is 24.0 Å². The first-order valence-electron chi connectivity index (χ1n) is 9.40. The van der Waals surface area contributed by atoms with Crippen molar-refractivity contribution in [2.45, 2.75) is 39.4 Å². The summed E-state index contributed by atoms with van der Waals surface area (Å²) in [5, 5.41) is 6.04. The number of alkyl carbamates (subject to hydrolysis) is 1.